The van der Waals surface area contributed by atoms with Crippen molar-refractivity contribution >= 4 is 17.4 Å². The van der Waals surface area contributed by atoms with Gasteiger partial charge in [-0.1, -0.05) is 51.1 Å². The summed E-state index contributed by atoms with van der Waals surface area (Å²) in [4.78, 5) is 12.4. The molecule has 0 aliphatic rings. The van der Waals surface area contributed by atoms with Gasteiger partial charge in [0.05, 0.1) is 11.8 Å². The highest BCUT2D eigenvalue weighted by molar-refractivity contribution is 6.01. The molecule has 2 N–H and O–H groups in total. The van der Waals surface area contributed by atoms with E-state index in [0.29, 0.717) is 11.4 Å². The largest absolute Gasteiger partial charge is 0.489 e. The van der Waals surface area contributed by atoms with Crippen molar-refractivity contribution in [1.29, 1.82) is 0 Å². The van der Waals surface area contributed by atoms with Gasteiger partial charge in [-0.25, -0.2) is 4.79 Å². The molecule has 4 nitrogen and oxygen atoms in total. The van der Waals surface area contributed by atoms with Crippen molar-refractivity contribution in [2.75, 3.05) is 10.6 Å². The number of carbonyl (C=O) groups is 1. The Morgan fingerprint density at radius 1 is 0.917 bits per heavy atom. The van der Waals surface area contributed by atoms with Crippen molar-refractivity contribution in [3.63, 3.8) is 0 Å². The minimum atomic E-state index is -0.286. The number of anilines is 2. The van der Waals surface area contributed by atoms with Crippen LogP contribution in [0.5, 0.6) is 5.75 Å². The van der Waals surface area contributed by atoms with Crippen molar-refractivity contribution in [2.45, 2.75) is 46.1 Å². The number of amides is 2. The van der Waals surface area contributed by atoms with E-state index in [4.69, 9.17) is 4.74 Å². The van der Waals surface area contributed by atoms with Crippen molar-refractivity contribution < 1.29 is 9.53 Å². The van der Waals surface area contributed by atoms with Crippen LogP contribution in [0.4, 0.5) is 16.2 Å². The second-order valence-corrected chi connectivity index (χ2v) is 7.04. The van der Waals surface area contributed by atoms with Gasteiger partial charge >= 0.3 is 6.03 Å². The molecule has 0 aliphatic carbocycles. The third kappa shape index (κ3) is 4.75. The quantitative estimate of drug-likeness (QED) is 0.788. The second-order valence-electron chi connectivity index (χ2n) is 7.04. The number of ether oxygens (including phenoxy) is 1. The molecule has 0 fully saturated rings. The predicted octanol–water partition coefficient (Wildman–Crippen LogP) is 5.42. The van der Waals surface area contributed by atoms with Crippen molar-refractivity contribution in [1.82, 2.24) is 0 Å². The summed E-state index contributed by atoms with van der Waals surface area (Å²) >= 11 is 0. The minimum Gasteiger partial charge on any atom is -0.489 e. The Morgan fingerprint density at radius 2 is 1.46 bits per heavy atom. The van der Waals surface area contributed by atoms with E-state index in [1.54, 1.807) is 0 Å². The van der Waals surface area contributed by atoms with Gasteiger partial charge in [0, 0.05) is 5.69 Å². The molecule has 2 aromatic carbocycles. The summed E-state index contributed by atoms with van der Waals surface area (Å²) in [6.07, 6.45) is 0.0395. The standard InChI is InChI=1S/C20H26N2O2/c1-14(2)24-18-13-9-8-12-17(18)22-19(23)21-16-11-7-6-10-15(16)20(3,4)5/h6-14H,1-5H3,(H2,21,22,23). The number of hydrogen-bond acceptors (Lipinski definition) is 2. The summed E-state index contributed by atoms with van der Waals surface area (Å²) in [6, 6.07) is 15.0. The average molecular weight is 326 g/mol. The van der Waals surface area contributed by atoms with E-state index in [0.717, 1.165) is 11.3 Å². The molecule has 0 aromatic heterocycles. The Labute approximate surface area is 144 Å². The molecule has 0 aliphatic heterocycles. The van der Waals surface area contributed by atoms with Gasteiger partial charge in [-0.3, -0.25) is 0 Å². The SMILES string of the molecule is CC(C)Oc1ccccc1NC(=O)Nc1ccccc1C(C)(C)C. The minimum absolute atomic E-state index is 0.0395. The molecule has 0 bridgehead atoms. The number of para-hydroxylation sites is 3. The van der Waals surface area contributed by atoms with Crippen molar-refractivity contribution in [3.05, 3.63) is 54.1 Å². The second kappa shape index (κ2) is 7.39. The maximum absolute atomic E-state index is 12.4. The van der Waals surface area contributed by atoms with Gasteiger partial charge in [0.25, 0.3) is 0 Å². The first-order valence-electron chi connectivity index (χ1n) is 8.20. The van der Waals surface area contributed by atoms with Gasteiger partial charge in [-0.05, 0) is 43.0 Å². The lowest BCUT2D eigenvalue weighted by Crippen LogP contribution is -2.23. The third-order valence-electron chi connectivity index (χ3n) is 3.48. The third-order valence-corrected chi connectivity index (χ3v) is 3.48. The summed E-state index contributed by atoms with van der Waals surface area (Å²) in [6.45, 7) is 10.3. The molecule has 2 rings (SSSR count). The van der Waals surface area contributed by atoms with Crippen LogP contribution in [-0.2, 0) is 5.41 Å². The lowest BCUT2D eigenvalue weighted by atomic mass is 9.86. The van der Waals surface area contributed by atoms with E-state index < -0.39 is 0 Å². The van der Waals surface area contributed by atoms with Crippen LogP contribution >= 0.6 is 0 Å². The monoisotopic (exact) mass is 326 g/mol. The number of benzene rings is 2. The topological polar surface area (TPSA) is 50.4 Å². The highest BCUT2D eigenvalue weighted by Crippen LogP contribution is 2.30. The Balaban J connectivity index is 2.16. The zero-order valence-electron chi connectivity index (χ0n) is 15.0. The van der Waals surface area contributed by atoms with Crippen molar-refractivity contribution in [3.8, 4) is 5.75 Å². The van der Waals surface area contributed by atoms with Gasteiger partial charge in [0.15, 0.2) is 0 Å². The molecule has 0 unspecified atom stereocenters. The van der Waals surface area contributed by atoms with Crippen LogP contribution in [-0.4, -0.2) is 12.1 Å². The van der Waals surface area contributed by atoms with E-state index >= 15 is 0 Å². The van der Waals surface area contributed by atoms with Crippen LogP contribution in [0.1, 0.15) is 40.2 Å². The number of carbonyl (C=O) groups excluding carboxylic acids is 1. The highest BCUT2D eigenvalue weighted by atomic mass is 16.5. The first-order chi connectivity index (χ1) is 11.3. The molecular formula is C20H26N2O2. The summed E-state index contributed by atoms with van der Waals surface area (Å²) < 4.78 is 5.73. The molecule has 0 saturated carbocycles. The highest BCUT2D eigenvalue weighted by Gasteiger charge is 2.18. The maximum Gasteiger partial charge on any atom is 0.323 e. The van der Waals surface area contributed by atoms with E-state index in [1.807, 2.05) is 62.4 Å². The van der Waals surface area contributed by atoms with Crippen LogP contribution in [0.3, 0.4) is 0 Å². The molecule has 0 saturated heterocycles. The van der Waals surface area contributed by atoms with Gasteiger partial charge in [0.2, 0.25) is 0 Å². The number of urea groups is 1. The number of hydrogen-bond donors (Lipinski definition) is 2. The van der Waals surface area contributed by atoms with E-state index in [2.05, 4.69) is 31.4 Å². The van der Waals surface area contributed by atoms with E-state index in [1.165, 1.54) is 0 Å². The maximum atomic E-state index is 12.4. The Bertz CT molecular complexity index is 703. The molecule has 0 spiro atoms. The van der Waals surface area contributed by atoms with Gasteiger partial charge < -0.3 is 15.4 Å². The van der Waals surface area contributed by atoms with Gasteiger partial charge in [-0.15, -0.1) is 0 Å². The lowest BCUT2D eigenvalue weighted by Gasteiger charge is -2.23. The predicted molar refractivity (Wildman–Crippen MR) is 100.0 cm³/mol. The molecule has 128 valence electrons. The van der Waals surface area contributed by atoms with Crippen LogP contribution in [0.2, 0.25) is 0 Å². The Morgan fingerprint density at radius 3 is 2.08 bits per heavy atom. The fourth-order valence-electron chi connectivity index (χ4n) is 2.45. The molecule has 2 amide bonds. The Hall–Kier alpha value is -2.49. The smallest absolute Gasteiger partial charge is 0.323 e. The van der Waals surface area contributed by atoms with Crippen LogP contribution < -0.4 is 15.4 Å². The summed E-state index contributed by atoms with van der Waals surface area (Å²) in [5.41, 5.74) is 2.50. The van der Waals surface area contributed by atoms with Crippen LogP contribution in [0.25, 0.3) is 0 Å². The molecule has 0 heterocycles. The fraction of sp³-hybridized carbons (Fsp3) is 0.350. The number of rotatable bonds is 4. The first kappa shape index (κ1) is 17.9. The van der Waals surface area contributed by atoms with Crippen LogP contribution in [0.15, 0.2) is 48.5 Å². The molecule has 4 heteroatoms. The zero-order valence-corrected chi connectivity index (χ0v) is 15.0. The number of nitrogens with one attached hydrogen (secondary N) is 2. The molecule has 0 radical (unpaired) electrons. The molecular weight excluding hydrogens is 300 g/mol. The van der Waals surface area contributed by atoms with Crippen LogP contribution in [0, 0.1) is 0 Å². The fourth-order valence-corrected chi connectivity index (χ4v) is 2.45. The lowest BCUT2D eigenvalue weighted by molar-refractivity contribution is 0.243. The first-order valence-corrected chi connectivity index (χ1v) is 8.20. The summed E-state index contributed by atoms with van der Waals surface area (Å²) in [5, 5.41) is 5.81. The normalized spacial score (nSPS) is 11.2. The van der Waals surface area contributed by atoms with Gasteiger partial charge in [-0.2, -0.15) is 0 Å². The van der Waals surface area contributed by atoms with E-state index in [9.17, 15) is 4.79 Å². The van der Waals surface area contributed by atoms with Gasteiger partial charge in [0.1, 0.15) is 5.75 Å². The summed E-state index contributed by atoms with van der Waals surface area (Å²) in [7, 11) is 0. The van der Waals surface area contributed by atoms with E-state index in [-0.39, 0.29) is 17.6 Å². The van der Waals surface area contributed by atoms with Crippen molar-refractivity contribution in [2.24, 2.45) is 0 Å². The zero-order chi connectivity index (χ0) is 17.7. The molecule has 24 heavy (non-hydrogen) atoms. The summed E-state index contributed by atoms with van der Waals surface area (Å²) in [5.74, 6) is 0.659. The molecule has 2 aromatic rings. The Kier molecular flexibility index (Phi) is 5.50. The molecule has 0 atom stereocenters. The average Bonchev–Trinajstić information content (AvgIpc) is 2.48.